The molecule has 0 fully saturated rings. The maximum atomic E-state index is 11.1. The maximum Gasteiger partial charge on any atom is 0.293 e. The molecule has 0 aromatic heterocycles. The van der Waals surface area contributed by atoms with Gasteiger partial charge in [0, 0.05) is 17.1 Å². The Bertz CT molecular complexity index is 674. The zero-order valence-electron chi connectivity index (χ0n) is 11.7. The van der Waals surface area contributed by atoms with Gasteiger partial charge in [-0.1, -0.05) is 28.1 Å². The van der Waals surface area contributed by atoms with Crippen LogP contribution in [0.2, 0.25) is 0 Å². The molecule has 0 bridgehead atoms. The third-order valence-electron chi connectivity index (χ3n) is 3.10. The molecule has 0 saturated heterocycles. The molecule has 1 N–H and O–H groups in total. The van der Waals surface area contributed by atoms with Gasteiger partial charge in [0.1, 0.15) is 11.4 Å². The highest BCUT2D eigenvalue weighted by Crippen LogP contribution is 2.28. The van der Waals surface area contributed by atoms with E-state index >= 15 is 0 Å². The number of nitrogens with zero attached hydrogens (tertiary/aromatic N) is 1. The Hall–Kier alpha value is -2.08. The Morgan fingerprint density at radius 3 is 2.67 bits per heavy atom. The smallest absolute Gasteiger partial charge is 0.293 e. The summed E-state index contributed by atoms with van der Waals surface area (Å²) in [6.07, 6.45) is 0. The van der Waals surface area contributed by atoms with E-state index in [-0.39, 0.29) is 5.69 Å². The second-order valence-corrected chi connectivity index (χ2v) is 5.49. The lowest BCUT2D eigenvalue weighted by atomic mass is 10.1. The number of rotatable bonds is 5. The summed E-state index contributed by atoms with van der Waals surface area (Å²) in [4.78, 5) is 10.7. The average Bonchev–Trinajstić information content (AvgIpc) is 2.46. The zero-order valence-corrected chi connectivity index (χ0v) is 13.3. The first-order valence-electron chi connectivity index (χ1n) is 6.32. The summed E-state index contributed by atoms with van der Waals surface area (Å²) in [5.74, 6) is 0.827. The van der Waals surface area contributed by atoms with Crippen LogP contribution in [0.25, 0.3) is 0 Å². The van der Waals surface area contributed by atoms with Crippen LogP contribution in [0.4, 0.5) is 11.4 Å². The monoisotopic (exact) mass is 350 g/mol. The number of ether oxygens (including phenoxy) is 1. The first-order chi connectivity index (χ1) is 10.0. The van der Waals surface area contributed by atoms with Crippen LogP contribution in [-0.2, 0) is 6.54 Å². The van der Waals surface area contributed by atoms with E-state index in [1.165, 1.54) is 6.07 Å². The standard InChI is InChI=1S/C15H15BrN2O3/c1-10-7-11(3-6-15(10)21-2)9-17-13-5-4-12(16)8-14(13)18(19)20/h3-8,17H,9H2,1-2H3. The number of anilines is 1. The summed E-state index contributed by atoms with van der Waals surface area (Å²) in [5.41, 5.74) is 2.61. The summed E-state index contributed by atoms with van der Waals surface area (Å²) in [6.45, 7) is 2.47. The minimum Gasteiger partial charge on any atom is -0.496 e. The molecule has 21 heavy (non-hydrogen) atoms. The number of halogens is 1. The van der Waals surface area contributed by atoms with Gasteiger partial charge < -0.3 is 10.1 Å². The van der Waals surface area contributed by atoms with E-state index in [2.05, 4.69) is 21.2 Å². The van der Waals surface area contributed by atoms with Crippen molar-refractivity contribution in [3.63, 3.8) is 0 Å². The molecule has 0 radical (unpaired) electrons. The van der Waals surface area contributed by atoms with Gasteiger partial charge >= 0.3 is 0 Å². The van der Waals surface area contributed by atoms with Gasteiger partial charge in [0.05, 0.1) is 12.0 Å². The van der Waals surface area contributed by atoms with Crippen LogP contribution >= 0.6 is 15.9 Å². The number of methoxy groups -OCH3 is 1. The Labute approximate surface area is 131 Å². The number of hydrogen-bond donors (Lipinski definition) is 1. The summed E-state index contributed by atoms with van der Waals surface area (Å²) in [7, 11) is 1.63. The predicted octanol–water partition coefficient (Wildman–Crippen LogP) is 4.29. The fourth-order valence-electron chi connectivity index (χ4n) is 2.05. The summed E-state index contributed by atoms with van der Waals surface area (Å²) >= 11 is 3.24. The van der Waals surface area contributed by atoms with Crippen molar-refractivity contribution < 1.29 is 9.66 Å². The largest absolute Gasteiger partial charge is 0.496 e. The third-order valence-corrected chi connectivity index (χ3v) is 3.59. The van der Waals surface area contributed by atoms with Crippen LogP contribution in [0.15, 0.2) is 40.9 Å². The Morgan fingerprint density at radius 1 is 1.29 bits per heavy atom. The lowest BCUT2D eigenvalue weighted by molar-refractivity contribution is -0.384. The first kappa shape index (κ1) is 15.3. The molecule has 0 heterocycles. The molecule has 0 aliphatic rings. The van der Waals surface area contributed by atoms with E-state index in [0.717, 1.165) is 16.9 Å². The molecule has 5 nitrogen and oxygen atoms in total. The fraction of sp³-hybridized carbons (Fsp3) is 0.200. The second kappa shape index (κ2) is 6.58. The number of aryl methyl sites for hydroxylation is 1. The van der Waals surface area contributed by atoms with Gasteiger partial charge in [-0.3, -0.25) is 10.1 Å². The van der Waals surface area contributed by atoms with Crippen molar-refractivity contribution in [3.8, 4) is 5.75 Å². The molecular formula is C15H15BrN2O3. The molecule has 2 aromatic carbocycles. The van der Waals surface area contributed by atoms with Gasteiger partial charge in [-0.05, 0) is 36.2 Å². The Balaban J connectivity index is 2.16. The molecule has 0 saturated carbocycles. The molecule has 110 valence electrons. The number of benzene rings is 2. The molecule has 2 aromatic rings. The van der Waals surface area contributed by atoms with Crippen molar-refractivity contribution in [1.29, 1.82) is 0 Å². The van der Waals surface area contributed by atoms with Crippen molar-refractivity contribution >= 4 is 27.3 Å². The van der Waals surface area contributed by atoms with Gasteiger partial charge in [0.2, 0.25) is 0 Å². The average molecular weight is 351 g/mol. The number of nitrogens with one attached hydrogen (secondary N) is 1. The molecular weight excluding hydrogens is 336 g/mol. The highest BCUT2D eigenvalue weighted by molar-refractivity contribution is 9.10. The van der Waals surface area contributed by atoms with Gasteiger partial charge in [-0.15, -0.1) is 0 Å². The van der Waals surface area contributed by atoms with Crippen molar-refractivity contribution in [3.05, 3.63) is 62.1 Å². The Kier molecular flexibility index (Phi) is 4.80. The number of hydrogen-bond acceptors (Lipinski definition) is 4. The first-order valence-corrected chi connectivity index (χ1v) is 7.12. The lowest BCUT2D eigenvalue weighted by Gasteiger charge is -2.10. The van der Waals surface area contributed by atoms with Crippen LogP contribution < -0.4 is 10.1 Å². The minimum atomic E-state index is -0.396. The predicted molar refractivity (Wildman–Crippen MR) is 85.9 cm³/mol. The molecule has 2 rings (SSSR count). The lowest BCUT2D eigenvalue weighted by Crippen LogP contribution is -2.03. The third kappa shape index (κ3) is 3.72. The van der Waals surface area contributed by atoms with E-state index in [1.54, 1.807) is 19.2 Å². The number of nitro groups is 1. The van der Waals surface area contributed by atoms with Crippen LogP contribution in [0, 0.1) is 17.0 Å². The maximum absolute atomic E-state index is 11.1. The molecule has 0 aliphatic carbocycles. The van der Waals surface area contributed by atoms with E-state index in [0.29, 0.717) is 16.7 Å². The zero-order chi connectivity index (χ0) is 15.4. The summed E-state index contributed by atoms with van der Waals surface area (Å²) in [6, 6.07) is 10.8. The van der Waals surface area contributed by atoms with Crippen molar-refractivity contribution in [2.24, 2.45) is 0 Å². The highest BCUT2D eigenvalue weighted by Gasteiger charge is 2.13. The molecule has 0 aliphatic heterocycles. The minimum absolute atomic E-state index is 0.0506. The number of nitro benzene ring substituents is 1. The quantitative estimate of drug-likeness (QED) is 0.645. The SMILES string of the molecule is COc1ccc(CNc2ccc(Br)cc2[N+](=O)[O-])cc1C. The van der Waals surface area contributed by atoms with Gasteiger partial charge in [0.25, 0.3) is 5.69 Å². The molecule has 0 unspecified atom stereocenters. The second-order valence-electron chi connectivity index (χ2n) is 4.58. The summed E-state index contributed by atoms with van der Waals surface area (Å²) in [5, 5.41) is 14.2. The molecule has 6 heteroatoms. The molecule has 0 atom stereocenters. The van der Waals surface area contributed by atoms with Crippen molar-refractivity contribution in [2.75, 3.05) is 12.4 Å². The van der Waals surface area contributed by atoms with E-state index in [1.807, 2.05) is 25.1 Å². The van der Waals surface area contributed by atoms with E-state index in [4.69, 9.17) is 4.74 Å². The van der Waals surface area contributed by atoms with E-state index < -0.39 is 4.92 Å². The highest BCUT2D eigenvalue weighted by atomic mass is 79.9. The van der Waals surface area contributed by atoms with Crippen LogP contribution in [0.5, 0.6) is 5.75 Å². The van der Waals surface area contributed by atoms with Crippen LogP contribution in [-0.4, -0.2) is 12.0 Å². The summed E-state index contributed by atoms with van der Waals surface area (Å²) < 4.78 is 5.89. The van der Waals surface area contributed by atoms with Crippen LogP contribution in [0.1, 0.15) is 11.1 Å². The topological polar surface area (TPSA) is 64.4 Å². The van der Waals surface area contributed by atoms with Crippen molar-refractivity contribution in [1.82, 2.24) is 0 Å². The van der Waals surface area contributed by atoms with Gasteiger partial charge in [-0.2, -0.15) is 0 Å². The fourth-order valence-corrected chi connectivity index (χ4v) is 2.40. The van der Waals surface area contributed by atoms with Gasteiger partial charge in [0.15, 0.2) is 0 Å². The molecule has 0 spiro atoms. The normalized spacial score (nSPS) is 10.2. The van der Waals surface area contributed by atoms with Gasteiger partial charge in [-0.25, -0.2) is 0 Å². The van der Waals surface area contributed by atoms with Crippen LogP contribution in [0.3, 0.4) is 0 Å². The van der Waals surface area contributed by atoms with Crippen molar-refractivity contribution in [2.45, 2.75) is 13.5 Å². The Morgan fingerprint density at radius 2 is 2.05 bits per heavy atom. The molecule has 0 amide bonds. The van der Waals surface area contributed by atoms with E-state index in [9.17, 15) is 10.1 Å².